The molecule has 0 unspecified atom stereocenters. The molecular weight excluding hydrogens is 360 g/mol. The molecule has 2 aromatic rings. The molecule has 0 radical (unpaired) electrons. The highest BCUT2D eigenvalue weighted by Gasteiger charge is 2.23. The first-order valence-corrected chi connectivity index (χ1v) is 11.0. The summed E-state index contributed by atoms with van der Waals surface area (Å²) in [5, 5.41) is 10.2. The fourth-order valence-electron chi connectivity index (χ4n) is 4.16. The number of aryl methyl sites for hydroxylation is 3. The number of anilines is 1. The van der Waals surface area contributed by atoms with Crippen LogP contribution in [0.5, 0.6) is 0 Å². The first kappa shape index (κ1) is 21.7. The Hall–Kier alpha value is -1.98. The van der Waals surface area contributed by atoms with E-state index in [1.54, 1.807) is 0 Å². The number of aromatic nitrogens is 2. The molecule has 1 saturated heterocycles. The number of hydrogen-bond donors (Lipinski definition) is 1. The molecule has 0 spiro atoms. The monoisotopic (exact) mass is 396 g/mol. The standard InChI is InChI=1S/C24H36N4O/c1-5-6-11-22(29)17-27-12-14-28(15-13-27)24-23(19(3)25-20(4)26-24)16-21-10-8-7-9-18(21)2/h7-10,22,29H,5-6,11-17H2,1-4H3/t22-/m0/s1. The molecule has 0 amide bonds. The Morgan fingerprint density at radius 2 is 1.76 bits per heavy atom. The normalized spacial score (nSPS) is 16.2. The topological polar surface area (TPSA) is 52.5 Å². The number of rotatable bonds is 8. The first-order valence-electron chi connectivity index (χ1n) is 11.0. The Kier molecular flexibility index (Phi) is 7.62. The minimum atomic E-state index is -0.207. The summed E-state index contributed by atoms with van der Waals surface area (Å²) in [6.45, 7) is 13.0. The van der Waals surface area contributed by atoms with Gasteiger partial charge in [0.25, 0.3) is 0 Å². The zero-order valence-electron chi connectivity index (χ0n) is 18.5. The number of piperazine rings is 1. The van der Waals surface area contributed by atoms with Crippen molar-refractivity contribution in [2.75, 3.05) is 37.6 Å². The molecule has 1 N–H and O–H groups in total. The van der Waals surface area contributed by atoms with Gasteiger partial charge in [-0.1, -0.05) is 44.0 Å². The van der Waals surface area contributed by atoms with Gasteiger partial charge in [0, 0.05) is 50.4 Å². The average molecular weight is 397 g/mol. The molecule has 2 heterocycles. The van der Waals surface area contributed by atoms with E-state index in [-0.39, 0.29) is 6.10 Å². The number of hydrogen-bond acceptors (Lipinski definition) is 5. The van der Waals surface area contributed by atoms with E-state index in [0.29, 0.717) is 0 Å². The SMILES string of the molecule is CCCC[C@H](O)CN1CCN(c2nc(C)nc(C)c2Cc2ccccc2C)CC1. The van der Waals surface area contributed by atoms with Gasteiger partial charge in [0.05, 0.1) is 6.10 Å². The van der Waals surface area contributed by atoms with Gasteiger partial charge in [-0.3, -0.25) is 4.90 Å². The van der Waals surface area contributed by atoms with E-state index in [4.69, 9.17) is 4.98 Å². The highest BCUT2D eigenvalue weighted by molar-refractivity contribution is 5.52. The largest absolute Gasteiger partial charge is 0.392 e. The third-order valence-electron chi connectivity index (χ3n) is 5.96. The van der Waals surface area contributed by atoms with Crippen molar-refractivity contribution in [1.82, 2.24) is 14.9 Å². The second-order valence-corrected chi connectivity index (χ2v) is 8.35. The van der Waals surface area contributed by atoms with E-state index >= 15 is 0 Å². The lowest BCUT2D eigenvalue weighted by Crippen LogP contribution is -2.49. The molecule has 1 fully saturated rings. The summed E-state index contributed by atoms with van der Waals surface area (Å²) >= 11 is 0. The molecule has 1 aliphatic rings. The molecule has 0 bridgehead atoms. The van der Waals surface area contributed by atoms with Crippen LogP contribution in [-0.4, -0.2) is 58.8 Å². The lowest BCUT2D eigenvalue weighted by atomic mass is 9.99. The van der Waals surface area contributed by atoms with Crippen LogP contribution in [0.1, 0.15) is 54.4 Å². The average Bonchev–Trinajstić information content (AvgIpc) is 2.70. The van der Waals surface area contributed by atoms with Crippen molar-refractivity contribution in [3.63, 3.8) is 0 Å². The van der Waals surface area contributed by atoms with Gasteiger partial charge in [0.2, 0.25) is 0 Å². The van der Waals surface area contributed by atoms with Gasteiger partial charge >= 0.3 is 0 Å². The van der Waals surface area contributed by atoms with Crippen molar-refractivity contribution < 1.29 is 5.11 Å². The van der Waals surface area contributed by atoms with E-state index in [1.807, 2.05) is 6.92 Å². The molecule has 0 aliphatic carbocycles. The lowest BCUT2D eigenvalue weighted by Gasteiger charge is -2.37. The molecular formula is C24H36N4O. The highest BCUT2D eigenvalue weighted by Crippen LogP contribution is 2.26. The predicted octanol–water partition coefficient (Wildman–Crippen LogP) is 3.67. The molecule has 1 aliphatic heterocycles. The fourth-order valence-corrected chi connectivity index (χ4v) is 4.16. The van der Waals surface area contributed by atoms with Crippen molar-refractivity contribution >= 4 is 5.82 Å². The van der Waals surface area contributed by atoms with E-state index in [2.05, 4.69) is 59.8 Å². The lowest BCUT2D eigenvalue weighted by molar-refractivity contribution is 0.100. The number of nitrogens with zero attached hydrogens (tertiary/aromatic N) is 4. The zero-order chi connectivity index (χ0) is 20.8. The molecule has 29 heavy (non-hydrogen) atoms. The van der Waals surface area contributed by atoms with Crippen LogP contribution in [0.3, 0.4) is 0 Å². The molecule has 5 heteroatoms. The third kappa shape index (κ3) is 5.77. The molecule has 1 atom stereocenters. The second-order valence-electron chi connectivity index (χ2n) is 8.35. The maximum absolute atomic E-state index is 10.2. The fraction of sp³-hybridized carbons (Fsp3) is 0.583. The van der Waals surface area contributed by atoms with Crippen molar-refractivity contribution in [2.24, 2.45) is 0 Å². The first-order chi connectivity index (χ1) is 14.0. The van der Waals surface area contributed by atoms with Gasteiger partial charge in [0.15, 0.2) is 0 Å². The Balaban J connectivity index is 1.72. The summed E-state index contributed by atoms with van der Waals surface area (Å²) in [6, 6.07) is 8.57. The summed E-state index contributed by atoms with van der Waals surface area (Å²) < 4.78 is 0. The van der Waals surface area contributed by atoms with Gasteiger partial charge in [-0.25, -0.2) is 9.97 Å². The van der Waals surface area contributed by atoms with Gasteiger partial charge in [-0.05, 0) is 38.3 Å². The minimum absolute atomic E-state index is 0.207. The molecule has 158 valence electrons. The van der Waals surface area contributed by atoms with Crippen LogP contribution in [0, 0.1) is 20.8 Å². The molecule has 5 nitrogen and oxygen atoms in total. The summed E-state index contributed by atoms with van der Waals surface area (Å²) in [4.78, 5) is 14.3. The number of benzene rings is 1. The highest BCUT2D eigenvalue weighted by atomic mass is 16.3. The van der Waals surface area contributed by atoms with E-state index in [9.17, 15) is 5.11 Å². The van der Waals surface area contributed by atoms with Crippen LogP contribution < -0.4 is 4.90 Å². The van der Waals surface area contributed by atoms with Gasteiger partial charge in [-0.2, -0.15) is 0 Å². The number of aliphatic hydroxyl groups excluding tert-OH is 1. The van der Waals surface area contributed by atoms with Gasteiger partial charge in [-0.15, -0.1) is 0 Å². The maximum atomic E-state index is 10.2. The number of unbranched alkanes of at least 4 members (excludes halogenated alkanes) is 1. The van der Waals surface area contributed by atoms with Crippen LogP contribution in [0.15, 0.2) is 24.3 Å². The summed E-state index contributed by atoms with van der Waals surface area (Å²) in [6.07, 6.45) is 3.80. The summed E-state index contributed by atoms with van der Waals surface area (Å²) in [5.41, 5.74) is 4.96. The maximum Gasteiger partial charge on any atom is 0.136 e. The Morgan fingerprint density at radius 1 is 1.03 bits per heavy atom. The second kappa shape index (κ2) is 10.2. The number of β-amino-alcohol motifs (C(OH)–C–C–N with tert-alkyl or cyclic N) is 1. The summed E-state index contributed by atoms with van der Waals surface area (Å²) in [5.74, 6) is 1.92. The van der Waals surface area contributed by atoms with Crippen LogP contribution in [0.25, 0.3) is 0 Å². The Labute approximate surface area is 175 Å². The van der Waals surface area contributed by atoms with E-state index in [1.165, 1.54) is 16.7 Å². The number of aliphatic hydroxyl groups is 1. The zero-order valence-corrected chi connectivity index (χ0v) is 18.5. The van der Waals surface area contributed by atoms with Crippen molar-refractivity contribution in [3.05, 3.63) is 52.5 Å². The molecule has 3 rings (SSSR count). The quantitative estimate of drug-likeness (QED) is 0.738. The molecule has 1 aromatic carbocycles. The van der Waals surface area contributed by atoms with Crippen LogP contribution >= 0.6 is 0 Å². The van der Waals surface area contributed by atoms with Gasteiger partial charge in [0.1, 0.15) is 11.6 Å². The predicted molar refractivity (Wildman–Crippen MR) is 120 cm³/mol. The smallest absolute Gasteiger partial charge is 0.136 e. The van der Waals surface area contributed by atoms with Crippen molar-refractivity contribution in [3.8, 4) is 0 Å². The van der Waals surface area contributed by atoms with Crippen molar-refractivity contribution in [2.45, 2.75) is 59.5 Å². The Bertz CT molecular complexity index is 799. The summed E-state index contributed by atoms with van der Waals surface area (Å²) in [7, 11) is 0. The van der Waals surface area contributed by atoms with Crippen LogP contribution in [-0.2, 0) is 6.42 Å². The van der Waals surface area contributed by atoms with E-state index in [0.717, 1.165) is 75.7 Å². The molecule has 1 aromatic heterocycles. The van der Waals surface area contributed by atoms with E-state index < -0.39 is 0 Å². The van der Waals surface area contributed by atoms with Crippen LogP contribution in [0.2, 0.25) is 0 Å². The third-order valence-corrected chi connectivity index (χ3v) is 5.96. The molecule has 0 saturated carbocycles. The van der Waals surface area contributed by atoms with Gasteiger partial charge < -0.3 is 10.0 Å². The minimum Gasteiger partial charge on any atom is -0.392 e. The van der Waals surface area contributed by atoms with Crippen LogP contribution in [0.4, 0.5) is 5.82 Å². The Morgan fingerprint density at radius 3 is 2.45 bits per heavy atom. The van der Waals surface area contributed by atoms with Crippen molar-refractivity contribution in [1.29, 1.82) is 0 Å².